The van der Waals surface area contributed by atoms with Gasteiger partial charge in [0, 0.05) is 28.0 Å². The summed E-state index contributed by atoms with van der Waals surface area (Å²) in [6.45, 7) is 1.31. The number of nitrogens with one attached hydrogen (secondary N) is 2. The molecule has 0 spiro atoms. The van der Waals surface area contributed by atoms with Crippen molar-refractivity contribution in [3.63, 3.8) is 0 Å². The van der Waals surface area contributed by atoms with Gasteiger partial charge >= 0.3 is 0 Å². The molecule has 0 radical (unpaired) electrons. The van der Waals surface area contributed by atoms with E-state index in [2.05, 4.69) is 38.4 Å². The zero-order chi connectivity index (χ0) is 21.5. The molecule has 5 rings (SSSR count). The highest BCUT2D eigenvalue weighted by Gasteiger charge is 2.32. The van der Waals surface area contributed by atoms with E-state index in [0.717, 1.165) is 33.9 Å². The van der Waals surface area contributed by atoms with Crippen LogP contribution in [0.2, 0.25) is 0 Å². The minimum Gasteiger partial charge on any atom is -0.365 e. The van der Waals surface area contributed by atoms with Crippen molar-refractivity contribution >= 4 is 44.3 Å². The lowest BCUT2D eigenvalue weighted by atomic mass is 10.1. The highest BCUT2D eigenvalue weighted by molar-refractivity contribution is 9.10. The van der Waals surface area contributed by atoms with Gasteiger partial charge in [-0.3, -0.25) is 9.59 Å². The van der Waals surface area contributed by atoms with Crippen LogP contribution in [0.25, 0.3) is 10.9 Å². The average Bonchev–Trinajstić information content (AvgIpc) is 3.34. The minimum absolute atomic E-state index is 0.0779. The summed E-state index contributed by atoms with van der Waals surface area (Å²) in [7, 11) is 0. The van der Waals surface area contributed by atoms with Crippen LogP contribution in [0.5, 0.6) is 0 Å². The van der Waals surface area contributed by atoms with Crippen molar-refractivity contribution in [2.45, 2.75) is 25.0 Å². The van der Waals surface area contributed by atoms with Gasteiger partial charge in [0.15, 0.2) is 6.10 Å². The molecule has 4 N–H and O–H groups in total. The summed E-state index contributed by atoms with van der Waals surface area (Å²) < 4.78 is 6.70. The molecule has 1 fully saturated rings. The SMILES string of the molecule is NC(=O)c1[nH]c2ccc(Br)cc2c1N1CCOC(C(=O)NC2Cc3ccccc3C2)C1. The molecule has 1 atom stereocenters. The van der Waals surface area contributed by atoms with Crippen LogP contribution in [-0.4, -0.2) is 48.6 Å². The van der Waals surface area contributed by atoms with Crippen molar-refractivity contribution in [2.75, 3.05) is 24.6 Å². The van der Waals surface area contributed by atoms with Crippen LogP contribution in [-0.2, 0) is 22.4 Å². The Hall–Kier alpha value is -2.84. The van der Waals surface area contributed by atoms with E-state index in [0.29, 0.717) is 25.4 Å². The first-order chi connectivity index (χ1) is 15.0. The van der Waals surface area contributed by atoms with Gasteiger partial charge in [-0.15, -0.1) is 0 Å². The maximum absolute atomic E-state index is 13.0. The van der Waals surface area contributed by atoms with Crippen LogP contribution in [0.15, 0.2) is 46.9 Å². The number of hydrogen-bond donors (Lipinski definition) is 3. The fourth-order valence-electron chi connectivity index (χ4n) is 4.62. The zero-order valence-electron chi connectivity index (χ0n) is 16.9. The molecule has 160 valence electrons. The highest BCUT2D eigenvalue weighted by Crippen LogP contribution is 2.34. The van der Waals surface area contributed by atoms with Crippen LogP contribution < -0.4 is 16.0 Å². The summed E-state index contributed by atoms with van der Waals surface area (Å²) in [5.74, 6) is -0.650. The van der Waals surface area contributed by atoms with Gasteiger partial charge in [0.1, 0.15) is 5.69 Å². The zero-order valence-corrected chi connectivity index (χ0v) is 18.4. The Morgan fingerprint density at radius 2 is 1.90 bits per heavy atom. The number of amides is 2. The third kappa shape index (κ3) is 3.81. The molecule has 31 heavy (non-hydrogen) atoms. The number of carbonyl (C=O) groups excluding carboxylic acids is 2. The Bertz CT molecular complexity index is 1150. The van der Waals surface area contributed by atoms with Gasteiger partial charge in [0.25, 0.3) is 11.8 Å². The topological polar surface area (TPSA) is 100 Å². The molecule has 2 aliphatic rings. The third-order valence-corrected chi connectivity index (χ3v) is 6.55. The van der Waals surface area contributed by atoms with Gasteiger partial charge in [-0.25, -0.2) is 0 Å². The van der Waals surface area contributed by atoms with Crippen molar-refractivity contribution in [1.82, 2.24) is 10.3 Å². The van der Waals surface area contributed by atoms with E-state index in [4.69, 9.17) is 10.5 Å². The number of carbonyl (C=O) groups is 2. The molecule has 1 aliphatic carbocycles. The number of benzene rings is 2. The molecule has 2 amide bonds. The number of H-pyrrole nitrogens is 1. The lowest BCUT2D eigenvalue weighted by Gasteiger charge is -2.34. The van der Waals surface area contributed by atoms with Crippen molar-refractivity contribution in [1.29, 1.82) is 0 Å². The summed E-state index contributed by atoms with van der Waals surface area (Å²) in [5, 5.41) is 4.03. The maximum atomic E-state index is 13.0. The average molecular weight is 483 g/mol. The number of fused-ring (bicyclic) bond motifs is 2. The number of nitrogens with two attached hydrogens (primary N) is 1. The summed E-state index contributed by atoms with van der Waals surface area (Å²) in [4.78, 5) is 30.2. The van der Waals surface area contributed by atoms with Gasteiger partial charge < -0.3 is 25.7 Å². The number of halogens is 1. The van der Waals surface area contributed by atoms with Crippen LogP contribution >= 0.6 is 15.9 Å². The summed E-state index contributed by atoms with van der Waals surface area (Å²) in [6, 6.07) is 14.1. The molecule has 2 aromatic carbocycles. The van der Waals surface area contributed by atoms with Crippen LogP contribution in [0.4, 0.5) is 5.69 Å². The number of aromatic amines is 1. The van der Waals surface area contributed by atoms with E-state index in [9.17, 15) is 9.59 Å². The highest BCUT2D eigenvalue weighted by atomic mass is 79.9. The Kier molecular flexibility index (Phi) is 5.19. The second-order valence-corrected chi connectivity index (χ2v) is 9.01. The number of rotatable bonds is 4. The van der Waals surface area contributed by atoms with Crippen molar-refractivity contribution < 1.29 is 14.3 Å². The molecular weight excluding hydrogens is 460 g/mol. The van der Waals surface area contributed by atoms with Crippen molar-refractivity contribution in [2.24, 2.45) is 5.73 Å². The van der Waals surface area contributed by atoms with Gasteiger partial charge in [-0.2, -0.15) is 0 Å². The second-order valence-electron chi connectivity index (χ2n) is 8.09. The van der Waals surface area contributed by atoms with E-state index in [1.54, 1.807) is 0 Å². The summed E-state index contributed by atoms with van der Waals surface area (Å²) >= 11 is 3.50. The molecule has 7 nitrogen and oxygen atoms in total. The number of ether oxygens (including phenoxy) is 1. The standard InChI is InChI=1S/C23H23BrN4O3/c24-15-5-6-18-17(11-15)21(20(27-18)22(25)29)28-7-8-31-19(12-28)23(30)26-16-9-13-3-1-2-4-14(13)10-16/h1-6,11,16,19,27H,7-10,12H2,(H2,25,29)(H,26,30). The van der Waals surface area contributed by atoms with Gasteiger partial charge in [0.2, 0.25) is 0 Å². The maximum Gasteiger partial charge on any atom is 0.267 e. The molecule has 1 unspecified atom stereocenters. The first kappa shape index (κ1) is 20.1. The lowest BCUT2D eigenvalue weighted by molar-refractivity contribution is -0.134. The van der Waals surface area contributed by atoms with Crippen LogP contribution in [0, 0.1) is 0 Å². The molecule has 0 saturated carbocycles. The minimum atomic E-state index is -0.615. The smallest absolute Gasteiger partial charge is 0.267 e. The van der Waals surface area contributed by atoms with E-state index in [1.807, 2.05) is 35.2 Å². The monoisotopic (exact) mass is 482 g/mol. The Balaban J connectivity index is 1.35. The molecule has 1 saturated heterocycles. The number of primary amides is 1. The molecule has 2 heterocycles. The largest absolute Gasteiger partial charge is 0.365 e. The summed E-state index contributed by atoms with van der Waals surface area (Å²) in [6.07, 6.45) is 1.05. The lowest BCUT2D eigenvalue weighted by Crippen LogP contribution is -2.52. The second kappa shape index (κ2) is 8.01. The van der Waals surface area contributed by atoms with E-state index < -0.39 is 12.0 Å². The van der Waals surface area contributed by atoms with Gasteiger partial charge in [-0.1, -0.05) is 40.2 Å². The number of aromatic nitrogens is 1. The molecule has 3 aromatic rings. The fourth-order valence-corrected chi connectivity index (χ4v) is 4.98. The van der Waals surface area contributed by atoms with Crippen molar-refractivity contribution in [3.8, 4) is 0 Å². The normalized spacial score (nSPS) is 18.9. The molecule has 1 aliphatic heterocycles. The number of nitrogens with zero attached hydrogens (tertiary/aromatic N) is 1. The first-order valence-corrected chi connectivity index (χ1v) is 11.1. The first-order valence-electron chi connectivity index (χ1n) is 10.3. The molecule has 0 bridgehead atoms. The Morgan fingerprint density at radius 3 is 2.61 bits per heavy atom. The number of morpholine rings is 1. The van der Waals surface area contributed by atoms with Gasteiger partial charge in [-0.05, 0) is 42.2 Å². The van der Waals surface area contributed by atoms with Crippen LogP contribution in [0.1, 0.15) is 21.6 Å². The number of anilines is 1. The van der Waals surface area contributed by atoms with E-state index in [-0.39, 0.29) is 11.9 Å². The predicted octanol–water partition coefficient (Wildman–Crippen LogP) is 2.52. The molecular formula is C23H23BrN4O3. The van der Waals surface area contributed by atoms with E-state index >= 15 is 0 Å². The van der Waals surface area contributed by atoms with Crippen molar-refractivity contribution in [3.05, 3.63) is 63.8 Å². The third-order valence-electron chi connectivity index (χ3n) is 6.05. The Labute approximate surface area is 188 Å². The van der Waals surface area contributed by atoms with Crippen LogP contribution in [0.3, 0.4) is 0 Å². The predicted molar refractivity (Wildman–Crippen MR) is 122 cm³/mol. The number of hydrogen-bond acceptors (Lipinski definition) is 4. The molecule has 1 aromatic heterocycles. The van der Waals surface area contributed by atoms with E-state index in [1.165, 1.54) is 11.1 Å². The quantitative estimate of drug-likeness (QED) is 0.531. The van der Waals surface area contributed by atoms with Gasteiger partial charge in [0.05, 0.1) is 18.8 Å². The summed E-state index contributed by atoms with van der Waals surface area (Å²) in [5.41, 5.74) is 10.1. The molecule has 8 heteroatoms. The fraction of sp³-hybridized carbons (Fsp3) is 0.304. The Morgan fingerprint density at radius 1 is 1.16 bits per heavy atom.